The van der Waals surface area contributed by atoms with Crippen molar-refractivity contribution >= 4 is 30.2 Å². The van der Waals surface area contributed by atoms with Crippen LogP contribution in [-0.2, 0) is 23.1 Å². The molecule has 0 amide bonds. The fraction of sp³-hybridized carbons (Fsp3) is 0.438. The zero-order valence-corrected chi connectivity index (χ0v) is 14.8. The molecule has 0 aromatic heterocycles. The van der Waals surface area contributed by atoms with Crippen LogP contribution < -0.4 is 0 Å². The Labute approximate surface area is 141 Å². The molecule has 0 radical (unpaired) electrons. The van der Waals surface area contributed by atoms with Gasteiger partial charge in [-0.1, -0.05) is 41.9 Å². The number of hydrogen-bond acceptors (Lipinski definition) is 5. The van der Waals surface area contributed by atoms with Crippen molar-refractivity contribution in [2.75, 3.05) is 19.4 Å². The topological polar surface area (TPSA) is 61.8 Å². The minimum absolute atomic E-state index is 0.0306. The van der Waals surface area contributed by atoms with Gasteiger partial charge in [0.2, 0.25) is 0 Å². The molecule has 0 aliphatic carbocycles. The maximum atomic E-state index is 12.5. The molecule has 2 rings (SSSR count). The van der Waals surface area contributed by atoms with E-state index in [9.17, 15) is 9.36 Å². The first kappa shape index (κ1) is 18.2. The summed E-state index contributed by atoms with van der Waals surface area (Å²) in [5.41, 5.74) is 1.14. The third-order valence-corrected chi connectivity index (χ3v) is 5.93. The molecular formula is C16H20ClO5P. The number of cyclic esters (lactones) is 1. The summed E-state index contributed by atoms with van der Waals surface area (Å²) in [5, 5.41) is 0.362. The zero-order valence-electron chi connectivity index (χ0n) is 13.2. The van der Waals surface area contributed by atoms with Crippen LogP contribution >= 0.6 is 19.2 Å². The Morgan fingerprint density at radius 2 is 1.87 bits per heavy atom. The smallest absolute Gasteiger partial charge is 0.335 e. The molecule has 0 bridgehead atoms. The molecule has 1 saturated heterocycles. The highest BCUT2D eigenvalue weighted by atomic mass is 35.5. The maximum absolute atomic E-state index is 12.5. The zero-order chi connectivity index (χ0) is 16.9. The highest BCUT2D eigenvalue weighted by Crippen LogP contribution is 2.50. The minimum atomic E-state index is -3.27. The standard InChI is InChI=1S/C16H20ClO5P/c1-3-20-23(19,21-4-2)11-13-10-14(16(18)22-13)15(17)12-8-6-5-7-9-12/h5-9,13H,3-4,10-11H2,1-2H3/b15-14-. The summed E-state index contributed by atoms with van der Waals surface area (Å²) in [6.07, 6.45) is -0.238. The summed E-state index contributed by atoms with van der Waals surface area (Å²) < 4.78 is 28.3. The highest BCUT2D eigenvalue weighted by Gasteiger charge is 2.38. The van der Waals surface area contributed by atoms with E-state index in [0.717, 1.165) is 5.56 Å². The number of esters is 1. The van der Waals surface area contributed by atoms with Gasteiger partial charge in [-0.15, -0.1) is 0 Å². The van der Waals surface area contributed by atoms with Crippen molar-refractivity contribution in [2.45, 2.75) is 26.4 Å². The van der Waals surface area contributed by atoms with Crippen LogP contribution in [0.3, 0.4) is 0 Å². The lowest BCUT2D eigenvalue weighted by molar-refractivity contribution is -0.138. The van der Waals surface area contributed by atoms with Gasteiger partial charge < -0.3 is 13.8 Å². The van der Waals surface area contributed by atoms with Gasteiger partial charge in [0.25, 0.3) is 0 Å². The molecule has 1 aromatic carbocycles. The quantitative estimate of drug-likeness (QED) is 0.415. The number of halogens is 1. The van der Waals surface area contributed by atoms with Crippen LogP contribution in [0.1, 0.15) is 25.8 Å². The molecule has 1 aliphatic heterocycles. The van der Waals surface area contributed by atoms with Crippen LogP contribution in [0.25, 0.3) is 5.03 Å². The van der Waals surface area contributed by atoms with Gasteiger partial charge in [-0.25, -0.2) is 4.79 Å². The monoisotopic (exact) mass is 358 g/mol. The number of carbonyl (C=O) groups excluding carboxylic acids is 1. The Bertz CT molecular complexity index is 619. The van der Waals surface area contributed by atoms with Gasteiger partial charge in [0.1, 0.15) is 6.10 Å². The number of rotatable bonds is 7. The van der Waals surface area contributed by atoms with Gasteiger partial charge in [-0.2, -0.15) is 0 Å². The van der Waals surface area contributed by atoms with E-state index in [1.807, 2.05) is 30.3 Å². The van der Waals surface area contributed by atoms with Gasteiger partial charge >= 0.3 is 13.6 Å². The molecule has 126 valence electrons. The van der Waals surface area contributed by atoms with Crippen molar-refractivity contribution < 1.29 is 23.1 Å². The molecule has 0 N–H and O–H groups in total. The number of hydrogen-bond donors (Lipinski definition) is 0. The van der Waals surface area contributed by atoms with E-state index >= 15 is 0 Å². The van der Waals surface area contributed by atoms with E-state index in [1.54, 1.807) is 13.8 Å². The summed E-state index contributed by atoms with van der Waals surface area (Å²) in [7, 11) is -3.27. The second kappa shape index (κ2) is 8.11. The normalized spacial score (nSPS) is 20.5. The Kier molecular flexibility index (Phi) is 6.42. The first-order chi connectivity index (χ1) is 11.0. The molecule has 1 aliphatic rings. The third kappa shape index (κ3) is 4.67. The van der Waals surface area contributed by atoms with E-state index in [0.29, 0.717) is 10.6 Å². The summed E-state index contributed by atoms with van der Waals surface area (Å²) in [6, 6.07) is 9.19. The lowest BCUT2D eigenvalue weighted by Crippen LogP contribution is -2.15. The summed E-state index contributed by atoms with van der Waals surface area (Å²) in [6.45, 7) is 4.02. The molecule has 1 atom stereocenters. The van der Waals surface area contributed by atoms with Gasteiger partial charge in [0, 0.05) is 6.42 Å². The minimum Gasteiger partial charge on any atom is -0.458 e. The Morgan fingerprint density at radius 3 is 2.43 bits per heavy atom. The Balaban J connectivity index is 2.15. The Morgan fingerprint density at radius 1 is 1.26 bits per heavy atom. The highest BCUT2D eigenvalue weighted by molar-refractivity contribution is 7.53. The SMILES string of the molecule is CCOP(=O)(CC1C/C(=C(/Cl)c2ccccc2)C(=O)O1)OCC. The molecule has 1 fully saturated rings. The molecule has 23 heavy (non-hydrogen) atoms. The fourth-order valence-electron chi connectivity index (χ4n) is 2.40. The average Bonchev–Trinajstić information content (AvgIpc) is 2.87. The second-order valence-electron chi connectivity index (χ2n) is 5.02. The molecule has 1 aromatic rings. The fourth-order valence-corrected chi connectivity index (χ4v) is 4.46. The van der Waals surface area contributed by atoms with Crippen molar-refractivity contribution in [1.29, 1.82) is 0 Å². The molecule has 5 nitrogen and oxygen atoms in total. The van der Waals surface area contributed by atoms with Gasteiger partial charge in [-0.05, 0) is 19.4 Å². The first-order valence-corrected chi connectivity index (χ1v) is 9.63. The summed E-state index contributed by atoms with van der Waals surface area (Å²) in [5.74, 6) is -0.483. The molecule has 1 unspecified atom stereocenters. The van der Waals surface area contributed by atoms with Crippen LogP contribution in [0.5, 0.6) is 0 Å². The summed E-state index contributed by atoms with van der Waals surface area (Å²) in [4.78, 5) is 12.1. The molecular weight excluding hydrogens is 339 g/mol. The van der Waals surface area contributed by atoms with Gasteiger partial charge in [-0.3, -0.25) is 4.57 Å². The number of ether oxygens (including phenoxy) is 1. The largest absolute Gasteiger partial charge is 0.458 e. The predicted octanol–water partition coefficient (Wildman–Crippen LogP) is 4.22. The van der Waals surface area contributed by atoms with Crippen molar-refractivity contribution in [3.63, 3.8) is 0 Å². The lowest BCUT2D eigenvalue weighted by Gasteiger charge is -2.19. The van der Waals surface area contributed by atoms with Crippen LogP contribution in [0, 0.1) is 0 Å². The molecule has 1 heterocycles. The Hall–Kier alpha value is -1.13. The van der Waals surface area contributed by atoms with E-state index < -0.39 is 19.7 Å². The van der Waals surface area contributed by atoms with Crippen molar-refractivity contribution in [1.82, 2.24) is 0 Å². The van der Waals surface area contributed by atoms with Crippen molar-refractivity contribution in [2.24, 2.45) is 0 Å². The van der Waals surface area contributed by atoms with Crippen LogP contribution in [0.15, 0.2) is 35.9 Å². The van der Waals surface area contributed by atoms with E-state index in [1.165, 1.54) is 0 Å². The maximum Gasteiger partial charge on any atom is 0.335 e. The van der Waals surface area contributed by atoms with Gasteiger partial charge in [0.05, 0.1) is 30.0 Å². The first-order valence-electron chi connectivity index (χ1n) is 7.52. The average molecular weight is 359 g/mol. The summed E-state index contributed by atoms with van der Waals surface area (Å²) >= 11 is 6.31. The van der Waals surface area contributed by atoms with Crippen LogP contribution in [0.2, 0.25) is 0 Å². The molecule has 0 saturated carbocycles. The number of benzene rings is 1. The predicted molar refractivity (Wildman–Crippen MR) is 89.4 cm³/mol. The van der Waals surface area contributed by atoms with Crippen molar-refractivity contribution in [3.8, 4) is 0 Å². The second-order valence-corrected chi connectivity index (χ2v) is 7.50. The molecule has 7 heteroatoms. The van der Waals surface area contributed by atoms with Crippen molar-refractivity contribution in [3.05, 3.63) is 41.5 Å². The van der Waals surface area contributed by atoms with E-state index in [2.05, 4.69) is 0 Å². The van der Waals surface area contributed by atoms with Crippen LogP contribution in [-0.4, -0.2) is 31.4 Å². The van der Waals surface area contributed by atoms with Gasteiger partial charge in [0.15, 0.2) is 0 Å². The third-order valence-electron chi connectivity index (χ3n) is 3.32. The lowest BCUT2D eigenvalue weighted by atomic mass is 10.1. The number of carbonyl (C=O) groups is 1. The molecule has 0 spiro atoms. The van der Waals surface area contributed by atoms with Crippen LogP contribution in [0.4, 0.5) is 0 Å². The van der Waals surface area contributed by atoms with E-state index in [-0.39, 0.29) is 25.8 Å². The van der Waals surface area contributed by atoms with E-state index in [4.69, 9.17) is 25.4 Å².